The molecule has 3 unspecified atom stereocenters. The molecule has 3 atom stereocenters. The molecular weight excluding hydrogens is 152 g/mol. The second-order valence-corrected chi connectivity index (χ2v) is 4.02. The average Bonchev–Trinajstić information content (AvgIpc) is 2.64. The normalized spacial score (nSPS) is 29.7. The molecule has 0 spiro atoms. The van der Waals surface area contributed by atoms with Crippen molar-refractivity contribution in [3.8, 4) is 0 Å². The molecule has 2 N–H and O–H groups in total. The predicted octanol–water partition coefficient (Wildman–Crippen LogP) is 0.448. The van der Waals surface area contributed by atoms with Crippen molar-refractivity contribution in [2.75, 3.05) is 13.6 Å². The highest BCUT2D eigenvalue weighted by molar-refractivity contribution is 5.81. The molecule has 1 aliphatic rings. The van der Waals surface area contributed by atoms with Crippen molar-refractivity contribution < 1.29 is 4.79 Å². The second-order valence-electron chi connectivity index (χ2n) is 4.02. The van der Waals surface area contributed by atoms with Crippen LogP contribution in [0.4, 0.5) is 0 Å². The van der Waals surface area contributed by atoms with Gasteiger partial charge in [0, 0.05) is 25.6 Å². The zero-order chi connectivity index (χ0) is 9.30. The fraction of sp³-hybridized carbons (Fsp3) is 0.889. The van der Waals surface area contributed by atoms with Crippen molar-refractivity contribution in [1.29, 1.82) is 0 Å². The summed E-state index contributed by atoms with van der Waals surface area (Å²) in [5.74, 6) is 1.14. The Bertz CT molecular complexity index is 179. The summed E-state index contributed by atoms with van der Waals surface area (Å²) in [6.07, 6.45) is 1.06. The lowest BCUT2D eigenvalue weighted by atomic mass is 10.2. The number of hydrogen-bond acceptors (Lipinski definition) is 2. The van der Waals surface area contributed by atoms with Gasteiger partial charge in [0.05, 0.1) is 0 Å². The summed E-state index contributed by atoms with van der Waals surface area (Å²) >= 11 is 0. The Morgan fingerprint density at radius 1 is 1.75 bits per heavy atom. The zero-order valence-electron chi connectivity index (χ0n) is 8.08. The Morgan fingerprint density at radius 3 is 2.58 bits per heavy atom. The number of carbonyl (C=O) groups excluding carboxylic acids is 1. The minimum atomic E-state index is 0.0769. The zero-order valence-corrected chi connectivity index (χ0v) is 8.08. The molecule has 0 heterocycles. The van der Waals surface area contributed by atoms with Gasteiger partial charge in [0.25, 0.3) is 0 Å². The van der Waals surface area contributed by atoms with Crippen LogP contribution in [0.3, 0.4) is 0 Å². The lowest BCUT2D eigenvalue weighted by Crippen LogP contribution is -2.37. The molecule has 0 bridgehead atoms. The van der Waals surface area contributed by atoms with Gasteiger partial charge in [-0.25, -0.2) is 0 Å². The summed E-state index contributed by atoms with van der Waals surface area (Å²) in [7, 11) is 1.83. The van der Waals surface area contributed by atoms with Crippen molar-refractivity contribution in [2.45, 2.75) is 26.3 Å². The largest absolute Gasteiger partial charge is 0.344 e. The molecule has 1 saturated carbocycles. The number of nitrogens with zero attached hydrogens (tertiary/aromatic N) is 1. The molecule has 1 fully saturated rings. The Hall–Kier alpha value is -0.570. The molecule has 0 aromatic carbocycles. The molecular formula is C9H18N2O. The van der Waals surface area contributed by atoms with Crippen molar-refractivity contribution in [3.63, 3.8) is 0 Å². The van der Waals surface area contributed by atoms with Gasteiger partial charge in [0.15, 0.2) is 0 Å². The number of amides is 1. The first-order valence-electron chi connectivity index (χ1n) is 4.53. The Labute approximate surface area is 73.9 Å². The van der Waals surface area contributed by atoms with Gasteiger partial charge in [-0.05, 0) is 19.3 Å². The highest BCUT2D eigenvalue weighted by atomic mass is 16.2. The first kappa shape index (κ1) is 9.52. The van der Waals surface area contributed by atoms with E-state index in [0.29, 0.717) is 12.5 Å². The predicted molar refractivity (Wildman–Crippen MR) is 48.6 cm³/mol. The highest BCUT2D eigenvalue weighted by Gasteiger charge is 2.40. The molecule has 1 rings (SSSR count). The summed E-state index contributed by atoms with van der Waals surface area (Å²) in [4.78, 5) is 13.3. The third-order valence-corrected chi connectivity index (χ3v) is 2.36. The molecule has 0 aromatic heterocycles. The first-order valence-corrected chi connectivity index (χ1v) is 4.53. The van der Waals surface area contributed by atoms with Crippen molar-refractivity contribution in [2.24, 2.45) is 17.6 Å². The highest BCUT2D eigenvalue weighted by Crippen LogP contribution is 2.38. The van der Waals surface area contributed by atoms with E-state index in [9.17, 15) is 4.79 Å². The Balaban J connectivity index is 2.32. The smallest absolute Gasteiger partial charge is 0.225 e. The summed E-state index contributed by atoms with van der Waals surface area (Å²) in [6, 6.07) is 0.0769. The maximum absolute atomic E-state index is 11.5. The van der Waals surface area contributed by atoms with Crippen molar-refractivity contribution in [3.05, 3.63) is 0 Å². The van der Waals surface area contributed by atoms with Crippen LogP contribution in [0, 0.1) is 11.8 Å². The fourth-order valence-electron chi connectivity index (χ4n) is 1.47. The minimum absolute atomic E-state index is 0.0769. The third-order valence-electron chi connectivity index (χ3n) is 2.36. The van der Waals surface area contributed by atoms with Crippen LogP contribution in [0.25, 0.3) is 0 Å². The van der Waals surface area contributed by atoms with E-state index >= 15 is 0 Å². The maximum atomic E-state index is 11.5. The van der Waals surface area contributed by atoms with Crippen molar-refractivity contribution in [1.82, 2.24) is 4.90 Å². The van der Waals surface area contributed by atoms with Crippen LogP contribution < -0.4 is 5.73 Å². The van der Waals surface area contributed by atoms with E-state index in [1.54, 1.807) is 4.90 Å². The average molecular weight is 170 g/mol. The molecule has 0 radical (unpaired) electrons. The maximum Gasteiger partial charge on any atom is 0.225 e. The second kappa shape index (κ2) is 3.44. The lowest BCUT2D eigenvalue weighted by Gasteiger charge is -2.19. The monoisotopic (exact) mass is 170 g/mol. The summed E-state index contributed by atoms with van der Waals surface area (Å²) in [5.41, 5.74) is 5.59. The van der Waals surface area contributed by atoms with E-state index in [4.69, 9.17) is 5.73 Å². The SMILES string of the molecule is CC(N)CN(C)C(=O)C1CC1C. The Morgan fingerprint density at radius 2 is 2.25 bits per heavy atom. The van der Waals surface area contributed by atoms with Crippen molar-refractivity contribution >= 4 is 5.91 Å². The molecule has 70 valence electrons. The molecule has 0 aromatic rings. The van der Waals surface area contributed by atoms with Gasteiger partial charge < -0.3 is 10.6 Å². The number of carbonyl (C=O) groups is 1. The van der Waals surface area contributed by atoms with Crippen LogP contribution in [0.1, 0.15) is 20.3 Å². The lowest BCUT2D eigenvalue weighted by molar-refractivity contribution is -0.131. The van der Waals surface area contributed by atoms with Crippen LogP contribution in [-0.2, 0) is 4.79 Å². The molecule has 0 aliphatic heterocycles. The summed E-state index contributed by atoms with van der Waals surface area (Å²) in [5, 5.41) is 0. The Kier molecular flexibility index (Phi) is 2.73. The van der Waals surface area contributed by atoms with E-state index in [1.165, 1.54) is 0 Å². The van der Waals surface area contributed by atoms with Gasteiger partial charge >= 0.3 is 0 Å². The van der Waals surface area contributed by atoms with Gasteiger partial charge in [-0.2, -0.15) is 0 Å². The number of hydrogen-bond donors (Lipinski definition) is 1. The standard InChI is InChI=1S/C9H18N2O/c1-6-4-8(6)9(12)11(3)5-7(2)10/h6-8H,4-5,10H2,1-3H3. The van der Waals surface area contributed by atoms with E-state index < -0.39 is 0 Å². The van der Waals surface area contributed by atoms with E-state index in [0.717, 1.165) is 6.42 Å². The van der Waals surface area contributed by atoms with Crippen LogP contribution in [-0.4, -0.2) is 30.4 Å². The van der Waals surface area contributed by atoms with Gasteiger partial charge in [-0.15, -0.1) is 0 Å². The van der Waals surface area contributed by atoms with Crippen LogP contribution >= 0.6 is 0 Å². The van der Waals surface area contributed by atoms with E-state index in [-0.39, 0.29) is 17.9 Å². The number of likely N-dealkylation sites (N-methyl/N-ethyl adjacent to an activating group) is 1. The molecule has 0 saturated heterocycles. The number of rotatable bonds is 3. The fourth-order valence-corrected chi connectivity index (χ4v) is 1.47. The van der Waals surface area contributed by atoms with Gasteiger partial charge in [-0.3, -0.25) is 4.79 Å². The third kappa shape index (κ3) is 2.21. The number of nitrogens with two attached hydrogens (primary N) is 1. The molecule has 1 aliphatic carbocycles. The van der Waals surface area contributed by atoms with Crippen LogP contribution in [0.15, 0.2) is 0 Å². The summed E-state index contributed by atoms with van der Waals surface area (Å²) in [6.45, 7) is 4.70. The topological polar surface area (TPSA) is 46.3 Å². The first-order chi connectivity index (χ1) is 5.52. The van der Waals surface area contributed by atoms with E-state index in [2.05, 4.69) is 6.92 Å². The van der Waals surface area contributed by atoms with Crippen LogP contribution in [0.5, 0.6) is 0 Å². The summed E-state index contributed by atoms with van der Waals surface area (Å²) < 4.78 is 0. The molecule has 12 heavy (non-hydrogen) atoms. The van der Waals surface area contributed by atoms with E-state index in [1.807, 2.05) is 14.0 Å². The van der Waals surface area contributed by atoms with Gasteiger partial charge in [0.1, 0.15) is 0 Å². The molecule has 1 amide bonds. The molecule has 3 heteroatoms. The molecule has 3 nitrogen and oxygen atoms in total. The minimum Gasteiger partial charge on any atom is -0.344 e. The quantitative estimate of drug-likeness (QED) is 0.668. The van der Waals surface area contributed by atoms with Gasteiger partial charge in [-0.1, -0.05) is 6.92 Å². The van der Waals surface area contributed by atoms with Crippen LogP contribution in [0.2, 0.25) is 0 Å². The van der Waals surface area contributed by atoms with Gasteiger partial charge in [0.2, 0.25) is 5.91 Å².